The Labute approximate surface area is 70.8 Å². The SMILES string of the molecule is COc1ccc(C)c(O)c1C#N. The highest BCUT2D eigenvalue weighted by molar-refractivity contribution is 5.55. The summed E-state index contributed by atoms with van der Waals surface area (Å²) in [6, 6.07) is 5.24. The van der Waals surface area contributed by atoms with E-state index in [0.29, 0.717) is 11.3 Å². The molecule has 0 radical (unpaired) electrons. The molecule has 0 aliphatic heterocycles. The van der Waals surface area contributed by atoms with Crippen molar-refractivity contribution in [2.45, 2.75) is 6.92 Å². The van der Waals surface area contributed by atoms with Gasteiger partial charge in [0.15, 0.2) is 0 Å². The first-order valence-electron chi connectivity index (χ1n) is 3.47. The Hall–Kier alpha value is -1.69. The Kier molecular flexibility index (Phi) is 2.20. The summed E-state index contributed by atoms with van der Waals surface area (Å²) in [5.41, 5.74) is 0.866. The summed E-state index contributed by atoms with van der Waals surface area (Å²) < 4.78 is 4.89. The second kappa shape index (κ2) is 3.14. The van der Waals surface area contributed by atoms with E-state index in [1.54, 1.807) is 19.1 Å². The lowest BCUT2D eigenvalue weighted by atomic mass is 10.1. The highest BCUT2D eigenvalue weighted by Crippen LogP contribution is 2.29. The summed E-state index contributed by atoms with van der Waals surface area (Å²) in [6.07, 6.45) is 0. The van der Waals surface area contributed by atoms with Crippen LogP contribution in [0, 0.1) is 18.3 Å². The Morgan fingerprint density at radius 1 is 1.50 bits per heavy atom. The van der Waals surface area contributed by atoms with Gasteiger partial charge in [0.1, 0.15) is 23.1 Å². The van der Waals surface area contributed by atoms with Crippen LogP contribution in [0.1, 0.15) is 11.1 Å². The number of methoxy groups -OCH3 is 1. The number of hydrogen-bond acceptors (Lipinski definition) is 3. The Balaban J connectivity index is 3.38. The number of nitriles is 1. The van der Waals surface area contributed by atoms with E-state index in [0.717, 1.165) is 0 Å². The van der Waals surface area contributed by atoms with E-state index in [9.17, 15) is 5.11 Å². The molecule has 3 heteroatoms. The highest BCUT2D eigenvalue weighted by atomic mass is 16.5. The molecule has 1 aromatic carbocycles. The van der Waals surface area contributed by atoms with Crippen LogP contribution in [-0.2, 0) is 0 Å². The van der Waals surface area contributed by atoms with Crippen LogP contribution in [0.3, 0.4) is 0 Å². The van der Waals surface area contributed by atoms with E-state index < -0.39 is 0 Å². The summed E-state index contributed by atoms with van der Waals surface area (Å²) in [5, 5.41) is 18.1. The van der Waals surface area contributed by atoms with Crippen LogP contribution >= 0.6 is 0 Å². The van der Waals surface area contributed by atoms with E-state index in [1.165, 1.54) is 7.11 Å². The summed E-state index contributed by atoms with van der Waals surface area (Å²) in [6.45, 7) is 1.73. The van der Waals surface area contributed by atoms with Crippen LogP contribution in [0.15, 0.2) is 12.1 Å². The second-order valence-corrected chi connectivity index (χ2v) is 2.42. The molecule has 0 saturated heterocycles. The van der Waals surface area contributed by atoms with Gasteiger partial charge in [0, 0.05) is 0 Å². The van der Waals surface area contributed by atoms with Gasteiger partial charge in [-0.3, -0.25) is 0 Å². The van der Waals surface area contributed by atoms with Crippen LogP contribution in [0.25, 0.3) is 0 Å². The monoisotopic (exact) mass is 163 g/mol. The van der Waals surface area contributed by atoms with E-state index in [4.69, 9.17) is 10.00 Å². The molecule has 0 aliphatic carbocycles. The molecule has 0 heterocycles. The summed E-state index contributed by atoms with van der Waals surface area (Å²) >= 11 is 0. The van der Waals surface area contributed by atoms with Crippen molar-refractivity contribution in [1.29, 1.82) is 5.26 Å². The largest absolute Gasteiger partial charge is 0.506 e. The van der Waals surface area contributed by atoms with Gasteiger partial charge in [-0.1, -0.05) is 6.07 Å². The van der Waals surface area contributed by atoms with Gasteiger partial charge in [-0.2, -0.15) is 5.26 Å². The van der Waals surface area contributed by atoms with Crippen molar-refractivity contribution in [3.05, 3.63) is 23.3 Å². The van der Waals surface area contributed by atoms with Crippen LogP contribution in [0.4, 0.5) is 0 Å². The van der Waals surface area contributed by atoms with Gasteiger partial charge in [0.25, 0.3) is 0 Å². The van der Waals surface area contributed by atoms with Crippen LogP contribution in [0.5, 0.6) is 11.5 Å². The molecule has 0 saturated carbocycles. The third-order valence-electron chi connectivity index (χ3n) is 1.67. The number of aromatic hydroxyl groups is 1. The number of phenolic OH excluding ortho intramolecular Hbond substituents is 1. The van der Waals surface area contributed by atoms with Gasteiger partial charge in [-0.25, -0.2) is 0 Å². The Bertz CT molecular complexity index is 339. The number of rotatable bonds is 1. The van der Waals surface area contributed by atoms with E-state index in [2.05, 4.69) is 0 Å². The zero-order chi connectivity index (χ0) is 9.14. The van der Waals surface area contributed by atoms with Crippen molar-refractivity contribution in [2.24, 2.45) is 0 Å². The molecule has 0 atom stereocenters. The van der Waals surface area contributed by atoms with Gasteiger partial charge in [-0.15, -0.1) is 0 Å². The number of hydrogen-bond donors (Lipinski definition) is 1. The average molecular weight is 163 g/mol. The number of nitrogens with zero attached hydrogens (tertiary/aromatic N) is 1. The predicted molar refractivity (Wildman–Crippen MR) is 44.1 cm³/mol. The molecule has 3 nitrogen and oxygen atoms in total. The quantitative estimate of drug-likeness (QED) is 0.683. The zero-order valence-corrected chi connectivity index (χ0v) is 6.96. The molecule has 1 aromatic rings. The van der Waals surface area contributed by atoms with Crippen LogP contribution < -0.4 is 4.74 Å². The van der Waals surface area contributed by atoms with Gasteiger partial charge in [0.2, 0.25) is 0 Å². The van der Waals surface area contributed by atoms with Gasteiger partial charge >= 0.3 is 0 Å². The highest BCUT2D eigenvalue weighted by Gasteiger charge is 2.09. The molecule has 1 N–H and O–H groups in total. The standard InChI is InChI=1S/C9H9NO2/c1-6-3-4-8(12-2)7(5-10)9(6)11/h3-4,11H,1-2H3. The van der Waals surface area contributed by atoms with Gasteiger partial charge in [0.05, 0.1) is 7.11 Å². The summed E-state index contributed by atoms with van der Waals surface area (Å²) in [7, 11) is 1.46. The molecule has 0 unspecified atom stereocenters. The number of aryl methyl sites for hydroxylation is 1. The Morgan fingerprint density at radius 3 is 2.67 bits per heavy atom. The second-order valence-electron chi connectivity index (χ2n) is 2.42. The van der Waals surface area contributed by atoms with Crippen LogP contribution in [-0.4, -0.2) is 12.2 Å². The van der Waals surface area contributed by atoms with Crippen molar-refractivity contribution >= 4 is 0 Å². The van der Waals surface area contributed by atoms with Crippen LogP contribution in [0.2, 0.25) is 0 Å². The molecule has 12 heavy (non-hydrogen) atoms. The summed E-state index contributed by atoms with van der Waals surface area (Å²) in [4.78, 5) is 0. The first-order chi connectivity index (χ1) is 5.70. The van der Waals surface area contributed by atoms with Crippen molar-refractivity contribution in [3.63, 3.8) is 0 Å². The molecule has 0 fully saturated rings. The number of phenols is 1. The molecule has 0 bridgehead atoms. The van der Waals surface area contributed by atoms with E-state index >= 15 is 0 Å². The normalized spacial score (nSPS) is 9.08. The molecule has 62 valence electrons. The molecular formula is C9H9NO2. The number of ether oxygens (including phenoxy) is 1. The lowest BCUT2D eigenvalue weighted by molar-refractivity contribution is 0.405. The lowest BCUT2D eigenvalue weighted by Gasteiger charge is -2.05. The van der Waals surface area contributed by atoms with E-state index in [-0.39, 0.29) is 11.3 Å². The van der Waals surface area contributed by atoms with Crippen molar-refractivity contribution in [3.8, 4) is 17.6 Å². The average Bonchev–Trinajstić information content (AvgIpc) is 2.09. The molecule has 0 amide bonds. The fourth-order valence-electron chi connectivity index (χ4n) is 0.955. The predicted octanol–water partition coefficient (Wildman–Crippen LogP) is 1.58. The lowest BCUT2D eigenvalue weighted by Crippen LogP contribution is -1.89. The number of benzene rings is 1. The fourth-order valence-corrected chi connectivity index (χ4v) is 0.955. The first-order valence-corrected chi connectivity index (χ1v) is 3.47. The third-order valence-corrected chi connectivity index (χ3v) is 1.67. The molecule has 1 rings (SSSR count). The first kappa shape index (κ1) is 8.41. The minimum absolute atomic E-state index is 0.00292. The maximum atomic E-state index is 9.41. The fraction of sp³-hybridized carbons (Fsp3) is 0.222. The third kappa shape index (κ3) is 1.19. The minimum atomic E-state index is -0.00292. The van der Waals surface area contributed by atoms with Crippen molar-refractivity contribution in [1.82, 2.24) is 0 Å². The maximum Gasteiger partial charge on any atom is 0.140 e. The van der Waals surface area contributed by atoms with E-state index in [1.807, 2.05) is 6.07 Å². The van der Waals surface area contributed by atoms with Crippen molar-refractivity contribution < 1.29 is 9.84 Å². The topological polar surface area (TPSA) is 53.2 Å². The molecule has 0 aromatic heterocycles. The molecular weight excluding hydrogens is 154 g/mol. The maximum absolute atomic E-state index is 9.41. The van der Waals surface area contributed by atoms with Gasteiger partial charge in [-0.05, 0) is 18.6 Å². The Morgan fingerprint density at radius 2 is 2.17 bits per heavy atom. The zero-order valence-electron chi connectivity index (χ0n) is 6.96. The molecule has 0 aliphatic rings. The minimum Gasteiger partial charge on any atom is -0.506 e. The van der Waals surface area contributed by atoms with Crippen molar-refractivity contribution in [2.75, 3.05) is 7.11 Å². The van der Waals surface area contributed by atoms with Gasteiger partial charge < -0.3 is 9.84 Å². The summed E-state index contributed by atoms with van der Waals surface area (Å²) in [5.74, 6) is 0.400. The smallest absolute Gasteiger partial charge is 0.140 e. The molecule has 0 spiro atoms.